The van der Waals surface area contributed by atoms with Gasteiger partial charge < -0.3 is 18.3 Å². The van der Waals surface area contributed by atoms with E-state index in [1.165, 1.54) is 0 Å². The van der Waals surface area contributed by atoms with E-state index in [0.717, 1.165) is 38.7 Å². The fourth-order valence-electron chi connectivity index (χ4n) is 4.41. The predicted octanol–water partition coefficient (Wildman–Crippen LogP) is 6.48. The van der Waals surface area contributed by atoms with Crippen LogP contribution in [0, 0.1) is 0 Å². The summed E-state index contributed by atoms with van der Waals surface area (Å²) in [6, 6.07) is 15.3. The number of pyridine rings is 1. The molecule has 0 spiro atoms. The highest BCUT2D eigenvalue weighted by Crippen LogP contribution is 2.38. The second-order valence-corrected chi connectivity index (χ2v) is 12.4. The average Bonchev–Trinajstić information content (AvgIpc) is 3.58. The van der Waals surface area contributed by atoms with Gasteiger partial charge in [-0.2, -0.15) is 0 Å². The Kier molecular flexibility index (Phi) is 8.04. The van der Waals surface area contributed by atoms with Crippen molar-refractivity contribution in [3.8, 4) is 16.9 Å². The third-order valence-corrected chi connectivity index (χ3v) is 7.94. The van der Waals surface area contributed by atoms with Crippen LogP contribution in [0.25, 0.3) is 33.1 Å². The Morgan fingerprint density at radius 3 is 2.65 bits per heavy atom. The number of para-hydroxylation sites is 1. The molecule has 0 saturated heterocycles. The van der Waals surface area contributed by atoms with Gasteiger partial charge in [-0.3, -0.25) is 9.78 Å². The molecule has 0 aliphatic heterocycles. The maximum Gasteiger partial charge on any atom is 0.310 e. The Morgan fingerprint density at radius 1 is 1.02 bits per heavy atom. The lowest BCUT2D eigenvalue weighted by molar-refractivity contribution is -0.142. The number of furan rings is 2. The van der Waals surface area contributed by atoms with E-state index in [9.17, 15) is 9.00 Å². The Bertz CT molecular complexity index is 1680. The van der Waals surface area contributed by atoms with Gasteiger partial charge in [-0.25, -0.2) is 8.93 Å². The Labute approximate surface area is 235 Å². The van der Waals surface area contributed by atoms with Gasteiger partial charge in [0.15, 0.2) is 0 Å². The summed E-state index contributed by atoms with van der Waals surface area (Å²) >= 11 is 0. The molecular weight excluding hydrogens is 528 g/mol. The molecule has 0 aliphatic rings. The van der Waals surface area contributed by atoms with Crippen molar-refractivity contribution in [3.63, 3.8) is 0 Å². The molecule has 1 unspecified atom stereocenters. The van der Waals surface area contributed by atoms with Gasteiger partial charge in [0, 0.05) is 28.3 Å². The molecule has 0 saturated carbocycles. The number of benzene rings is 2. The molecule has 40 heavy (non-hydrogen) atoms. The van der Waals surface area contributed by atoms with Gasteiger partial charge in [0.2, 0.25) is 0 Å². The van der Waals surface area contributed by atoms with E-state index in [1.807, 2.05) is 69.3 Å². The van der Waals surface area contributed by atoms with Crippen LogP contribution in [0.2, 0.25) is 0 Å². The Balaban J connectivity index is 1.44. The number of carbonyl (C=O) groups excluding carboxylic acids is 1. The predicted molar refractivity (Wildman–Crippen MR) is 155 cm³/mol. The van der Waals surface area contributed by atoms with Crippen LogP contribution in [0.4, 0.5) is 0 Å². The molecule has 0 radical (unpaired) electrons. The molecule has 208 valence electrons. The summed E-state index contributed by atoms with van der Waals surface area (Å²) in [7, 11) is -1.21. The number of carbonyl (C=O) groups is 1. The van der Waals surface area contributed by atoms with Crippen molar-refractivity contribution in [1.29, 1.82) is 0 Å². The highest BCUT2D eigenvalue weighted by molar-refractivity contribution is 7.84. The topological polar surface area (TPSA) is 104 Å². The summed E-state index contributed by atoms with van der Waals surface area (Å²) in [4.78, 5) is 16.5. The third-order valence-electron chi connectivity index (χ3n) is 6.42. The van der Waals surface area contributed by atoms with Gasteiger partial charge >= 0.3 is 5.97 Å². The molecular formula is C31H32N2O6S. The largest absolute Gasteiger partial charge is 0.488 e. The van der Waals surface area contributed by atoms with Crippen molar-refractivity contribution in [2.75, 3.05) is 6.61 Å². The van der Waals surface area contributed by atoms with Gasteiger partial charge in [-0.05, 0) is 63.6 Å². The molecule has 3 heterocycles. The number of hydrogen-bond donors (Lipinski definition) is 1. The van der Waals surface area contributed by atoms with Crippen molar-refractivity contribution in [1.82, 2.24) is 9.71 Å². The molecule has 1 N–H and O–H groups in total. The van der Waals surface area contributed by atoms with Gasteiger partial charge in [-0.15, -0.1) is 0 Å². The van der Waals surface area contributed by atoms with Crippen LogP contribution >= 0.6 is 0 Å². The summed E-state index contributed by atoms with van der Waals surface area (Å²) in [6.45, 7) is 8.52. The Morgan fingerprint density at radius 2 is 1.85 bits per heavy atom. The maximum atomic E-state index is 12.5. The number of ether oxygens (including phenoxy) is 2. The molecule has 0 aliphatic carbocycles. The minimum absolute atomic E-state index is 0.137. The first-order valence-electron chi connectivity index (χ1n) is 13.1. The highest BCUT2D eigenvalue weighted by Gasteiger charge is 2.20. The van der Waals surface area contributed by atoms with Gasteiger partial charge in [0.1, 0.15) is 23.5 Å². The summed E-state index contributed by atoms with van der Waals surface area (Å²) in [5, 5.41) is 1.75. The van der Waals surface area contributed by atoms with Crippen LogP contribution in [-0.4, -0.2) is 26.5 Å². The molecule has 5 aromatic rings. The molecule has 8 nitrogen and oxygen atoms in total. The number of esters is 1. The first-order valence-corrected chi connectivity index (χ1v) is 14.3. The van der Waals surface area contributed by atoms with Gasteiger partial charge in [0.05, 0.1) is 58.9 Å². The van der Waals surface area contributed by atoms with Crippen LogP contribution in [0.1, 0.15) is 44.5 Å². The normalized spacial score (nSPS) is 12.6. The van der Waals surface area contributed by atoms with E-state index in [-0.39, 0.29) is 23.7 Å². The second kappa shape index (κ2) is 11.7. The van der Waals surface area contributed by atoms with E-state index in [0.29, 0.717) is 30.1 Å². The molecule has 1 atom stereocenters. The number of rotatable bonds is 10. The number of aromatic nitrogens is 1. The summed E-state index contributed by atoms with van der Waals surface area (Å²) < 4.78 is 38.3. The van der Waals surface area contributed by atoms with Crippen molar-refractivity contribution < 1.29 is 27.3 Å². The average molecular weight is 561 g/mol. The zero-order chi connectivity index (χ0) is 28.3. The molecule has 2 aromatic carbocycles. The molecule has 9 heteroatoms. The van der Waals surface area contributed by atoms with E-state index in [4.69, 9.17) is 18.3 Å². The van der Waals surface area contributed by atoms with Gasteiger partial charge in [-0.1, -0.05) is 18.2 Å². The molecule has 5 rings (SSSR count). The van der Waals surface area contributed by atoms with Crippen LogP contribution in [0.5, 0.6) is 5.75 Å². The first kappa shape index (κ1) is 27.6. The highest BCUT2D eigenvalue weighted by atomic mass is 32.2. The van der Waals surface area contributed by atoms with E-state index in [1.54, 1.807) is 25.6 Å². The SMILES string of the molecule is CCOC(=O)Cc1ccccc1OCc1coc2c1cc(-c1ccnc(CNS(=O)C(C)(C)C)c1)c1occc12. The maximum absolute atomic E-state index is 12.5. The number of fused-ring (bicyclic) bond motifs is 3. The lowest BCUT2D eigenvalue weighted by atomic mass is 10.00. The quantitative estimate of drug-likeness (QED) is 0.195. The Hall–Kier alpha value is -3.95. The minimum atomic E-state index is -1.21. The zero-order valence-corrected chi connectivity index (χ0v) is 23.8. The van der Waals surface area contributed by atoms with E-state index < -0.39 is 11.0 Å². The zero-order valence-electron chi connectivity index (χ0n) is 23.0. The van der Waals surface area contributed by atoms with Crippen molar-refractivity contribution >= 4 is 38.9 Å². The minimum Gasteiger partial charge on any atom is -0.488 e. The smallest absolute Gasteiger partial charge is 0.310 e. The van der Waals surface area contributed by atoms with Crippen molar-refractivity contribution in [2.45, 2.75) is 52.0 Å². The molecule has 0 bridgehead atoms. The van der Waals surface area contributed by atoms with Crippen LogP contribution < -0.4 is 9.46 Å². The fraction of sp³-hybridized carbons (Fsp3) is 0.290. The number of nitrogens with zero attached hydrogens (tertiary/aromatic N) is 1. The summed E-state index contributed by atoms with van der Waals surface area (Å²) in [6.07, 6.45) is 5.22. The van der Waals surface area contributed by atoms with E-state index >= 15 is 0 Å². The number of nitrogens with one attached hydrogen (secondary N) is 1. The lowest BCUT2D eigenvalue weighted by Gasteiger charge is -2.18. The van der Waals surface area contributed by atoms with Crippen molar-refractivity contribution in [2.24, 2.45) is 0 Å². The monoisotopic (exact) mass is 560 g/mol. The van der Waals surface area contributed by atoms with Crippen LogP contribution in [0.3, 0.4) is 0 Å². The summed E-state index contributed by atoms with van der Waals surface area (Å²) in [5.74, 6) is 0.323. The van der Waals surface area contributed by atoms with Crippen LogP contribution in [-0.2, 0) is 40.1 Å². The first-order chi connectivity index (χ1) is 19.2. The second-order valence-electron chi connectivity index (χ2n) is 10.3. The number of hydrogen-bond acceptors (Lipinski definition) is 7. The third kappa shape index (κ3) is 5.95. The molecule has 0 fully saturated rings. The lowest BCUT2D eigenvalue weighted by Crippen LogP contribution is -2.33. The standard InChI is InChI=1S/C31H32N2O6S/c1-5-36-28(34)15-21-8-6-7-9-27(21)38-18-22-19-39-30-24-11-13-37-29(24)25(16-26(22)30)20-10-12-32-23(14-20)17-33-40(35)31(2,3)4/h6-14,16,19,33H,5,15,17-18H2,1-4H3. The van der Waals surface area contributed by atoms with Crippen LogP contribution in [0.15, 0.2) is 76.1 Å². The van der Waals surface area contributed by atoms with Crippen molar-refractivity contribution in [3.05, 3.63) is 84.1 Å². The van der Waals surface area contributed by atoms with E-state index in [2.05, 4.69) is 9.71 Å². The molecule has 0 amide bonds. The fourth-order valence-corrected chi connectivity index (χ4v) is 5.13. The molecule has 3 aromatic heterocycles. The summed E-state index contributed by atoms with van der Waals surface area (Å²) in [5.41, 5.74) is 5.61. The van der Waals surface area contributed by atoms with Gasteiger partial charge in [0.25, 0.3) is 0 Å².